The SMILES string of the molecule is Cc1ccc(C)c(NC(=O)CN2C[C@H](C)Sc3ccccc32)c1. The lowest BCUT2D eigenvalue weighted by molar-refractivity contribution is -0.115. The van der Waals surface area contributed by atoms with Crippen LogP contribution in [0.15, 0.2) is 47.4 Å². The molecule has 1 atom stereocenters. The van der Waals surface area contributed by atoms with E-state index in [1.807, 2.05) is 43.8 Å². The van der Waals surface area contributed by atoms with Crippen LogP contribution in [0.3, 0.4) is 0 Å². The highest BCUT2D eigenvalue weighted by Crippen LogP contribution is 2.37. The van der Waals surface area contributed by atoms with Crippen LogP contribution < -0.4 is 10.2 Å². The zero-order valence-corrected chi connectivity index (χ0v) is 14.6. The summed E-state index contributed by atoms with van der Waals surface area (Å²) in [6, 6.07) is 14.4. The molecule has 23 heavy (non-hydrogen) atoms. The fraction of sp³-hybridized carbons (Fsp3) is 0.316. The zero-order chi connectivity index (χ0) is 16.4. The molecule has 1 heterocycles. The first kappa shape index (κ1) is 15.9. The highest BCUT2D eigenvalue weighted by molar-refractivity contribution is 8.00. The largest absolute Gasteiger partial charge is 0.360 e. The molecule has 2 aromatic carbocycles. The summed E-state index contributed by atoms with van der Waals surface area (Å²) in [6.45, 7) is 7.53. The number of aryl methyl sites for hydroxylation is 2. The Morgan fingerprint density at radius 3 is 2.87 bits per heavy atom. The van der Waals surface area contributed by atoms with Crippen LogP contribution in [0, 0.1) is 13.8 Å². The van der Waals surface area contributed by atoms with Crippen molar-refractivity contribution in [2.75, 3.05) is 23.3 Å². The minimum atomic E-state index is 0.0348. The van der Waals surface area contributed by atoms with Crippen molar-refractivity contribution < 1.29 is 4.79 Å². The van der Waals surface area contributed by atoms with Crippen molar-refractivity contribution in [3.8, 4) is 0 Å². The number of nitrogens with one attached hydrogen (secondary N) is 1. The number of carbonyl (C=O) groups is 1. The molecule has 0 saturated heterocycles. The normalized spacial score (nSPS) is 16.8. The number of rotatable bonds is 3. The van der Waals surface area contributed by atoms with E-state index in [4.69, 9.17) is 0 Å². The van der Waals surface area contributed by atoms with Gasteiger partial charge in [-0.3, -0.25) is 4.79 Å². The number of hydrogen-bond donors (Lipinski definition) is 1. The van der Waals surface area contributed by atoms with Gasteiger partial charge in [-0.2, -0.15) is 0 Å². The Labute approximate surface area is 142 Å². The lowest BCUT2D eigenvalue weighted by Crippen LogP contribution is -2.39. The highest BCUT2D eigenvalue weighted by Gasteiger charge is 2.23. The van der Waals surface area contributed by atoms with Crippen molar-refractivity contribution in [2.24, 2.45) is 0 Å². The number of fused-ring (bicyclic) bond motifs is 1. The van der Waals surface area contributed by atoms with Crippen LogP contribution in [0.2, 0.25) is 0 Å². The molecule has 3 nitrogen and oxygen atoms in total. The Kier molecular flexibility index (Phi) is 4.62. The third kappa shape index (κ3) is 3.70. The van der Waals surface area contributed by atoms with Crippen molar-refractivity contribution >= 4 is 29.0 Å². The second-order valence-corrected chi connectivity index (χ2v) is 7.62. The van der Waals surface area contributed by atoms with Gasteiger partial charge in [0.1, 0.15) is 0 Å². The summed E-state index contributed by atoms with van der Waals surface area (Å²) in [4.78, 5) is 15.9. The van der Waals surface area contributed by atoms with E-state index < -0.39 is 0 Å². The maximum absolute atomic E-state index is 12.5. The van der Waals surface area contributed by atoms with Crippen LogP contribution in [-0.2, 0) is 4.79 Å². The summed E-state index contributed by atoms with van der Waals surface area (Å²) in [5.74, 6) is 0.0348. The second kappa shape index (κ2) is 6.67. The first-order valence-corrected chi connectivity index (χ1v) is 8.78. The van der Waals surface area contributed by atoms with Crippen LogP contribution in [0.5, 0.6) is 0 Å². The van der Waals surface area contributed by atoms with Gasteiger partial charge in [0, 0.05) is 22.4 Å². The van der Waals surface area contributed by atoms with Crippen molar-refractivity contribution in [2.45, 2.75) is 30.9 Å². The number of anilines is 2. The highest BCUT2D eigenvalue weighted by atomic mass is 32.2. The molecule has 4 heteroatoms. The first-order valence-electron chi connectivity index (χ1n) is 7.90. The molecule has 2 aromatic rings. The van der Waals surface area contributed by atoms with Gasteiger partial charge in [0.25, 0.3) is 0 Å². The van der Waals surface area contributed by atoms with E-state index in [-0.39, 0.29) is 5.91 Å². The Hall–Kier alpha value is -1.94. The molecule has 0 radical (unpaired) electrons. The van der Waals surface area contributed by atoms with E-state index in [2.05, 4.69) is 41.4 Å². The molecular weight excluding hydrogens is 304 g/mol. The van der Waals surface area contributed by atoms with Crippen LogP contribution >= 0.6 is 11.8 Å². The molecule has 1 aliphatic rings. The molecule has 0 unspecified atom stereocenters. The number of hydrogen-bond acceptors (Lipinski definition) is 3. The van der Waals surface area contributed by atoms with Gasteiger partial charge < -0.3 is 10.2 Å². The standard InChI is InChI=1S/C19H22N2OS/c1-13-8-9-14(2)16(10-13)20-19(22)12-21-11-15(3)23-18-7-5-4-6-17(18)21/h4-10,15H,11-12H2,1-3H3,(H,20,22)/t15-/m0/s1. The summed E-state index contributed by atoms with van der Waals surface area (Å²) in [6.07, 6.45) is 0. The summed E-state index contributed by atoms with van der Waals surface area (Å²) < 4.78 is 0. The lowest BCUT2D eigenvalue weighted by Gasteiger charge is -2.33. The maximum atomic E-state index is 12.5. The van der Waals surface area contributed by atoms with E-state index >= 15 is 0 Å². The van der Waals surface area contributed by atoms with Gasteiger partial charge >= 0.3 is 0 Å². The van der Waals surface area contributed by atoms with Gasteiger partial charge in [0.2, 0.25) is 5.91 Å². The Bertz CT molecular complexity index is 729. The molecule has 1 aliphatic heterocycles. The Balaban J connectivity index is 1.74. The molecule has 1 amide bonds. The van der Waals surface area contributed by atoms with Gasteiger partial charge in [-0.25, -0.2) is 0 Å². The number of nitrogens with zero attached hydrogens (tertiary/aromatic N) is 1. The fourth-order valence-electron chi connectivity index (χ4n) is 2.86. The molecule has 0 fully saturated rings. The van der Waals surface area contributed by atoms with E-state index in [0.29, 0.717) is 11.8 Å². The van der Waals surface area contributed by atoms with Crippen LogP contribution in [-0.4, -0.2) is 24.2 Å². The first-order chi connectivity index (χ1) is 11.0. The number of amides is 1. The Morgan fingerprint density at radius 1 is 1.26 bits per heavy atom. The van der Waals surface area contributed by atoms with E-state index in [9.17, 15) is 4.79 Å². The lowest BCUT2D eigenvalue weighted by atomic mass is 10.1. The average molecular weight is 326 g/mol. The maximum Gasteiger partial charge on any atom is 0.243 e. The monoisotopic (exact) mass is 326 g/mol. The van der Waals surface area contributed by atoms with Gasteiger partial charge in [-0.15, -0.1) is 11.8 Å². The topological polar surface area (TPSA) is 32.3 Å². The minimum absolute atomic E-state index is 0.0348. The second-order valence-electron chi connectivity index (χ2n) is 6.14. The molecule has 3 rings (SSSR count). The summed E-state index contributed by atoms with van der Waals surface area (Å²) in [5, 5.41) is 3.54. The van der Waals surface area contributed by atoms with E-state index in [1.54, 1.807) is 0 Å². The molecule has 0 spiro atoms. The summed E-state index contributed by atoms with van der Waals surface area (Å²) in [5.41, 5.74) is 4.31. The van der Waals surface area contributed by atoms with Crippen LogP contribution in [0.25, 0.3) is 0 Å². The van der Waals surface area contributed by atoms with Crippen molar-refractivity contribution in [1.82, 2.24) is 0 Å². The molecule has 0 saturated carbocycles. The third-order valence-electron chi connectivity index (χ3n) is 4.01. The van der Waals surface area contributed by atoms with Gasteiger partial charge in [-0.1, -0.05) is 31.2 Å². The summed E-state index contributed by atoms with van der Waals surface area (Å²) >= 11 is 1.88. The predicted octanol–water partition coefficient (Wildman–Crippen LogP) is 4.24. The molecule has 0 aliphatic carbocycles. The molecular formula is C19H22N2OS. The van der Waals surface area contributed by atoms with E-state index in [0.717, 1.165) is 29.0 Å². The molecule has 0 bridgehead atoms. The van der Waals surface area contributed by atoms with Crippen molar-refractivity contribution in [1.29, 1.82) is 0 Å². The van der Waals surface area contributed by atoms with Gasteiger partial charge in [0.15, 0.2) is 0 Å². The number of benzene rings is 2. The third-order valence-corrected chi connectivity index (χ3v) is 5.16. The fourth-order valence-corrected chi connectivity index (χ4v) is 4.03. The van der Waals surface area contributed by atoms with Crippen molar-refractivity contribution in [3.63, 3.8) is 0 Å². The van der Waals surface area contributed by atoms with Crippen LogP contribution in [0.1, 0.15) is 18.1 Å². The summed E-state index contributed by atoms with van der Waals surface area (Å²) in [7, 11) is 0. The number of thioether (sulfide) groups is 1. The molecule has 1 N–H and O–H groups in total. The zero-order valence-electron chi connectivity index (χ0n) is 13.8. The average Bonchev–Trinajstić information content (AvgIpc) is 2.50. The van der Waals surface area contributed by atoms with Crippen LogP contribution in [0.4, 0.5) is 11.4 Å². The smallest absolute Gasteiger partial charge is 0.243 e. The molecule has 120 valence electrons. The Morgan fingerprint density at radius 2 is 2.04 bits per heavy atom. The predicted molar refractivity (Wildman–Crippen MR) is 98.5 cm³/mol. The van der Waals surface area contributed by atoms with Crippen molar-refractivity contribution in [3.05, 3.63) is 53.6 Å². The number of para-hydroxylation sites is 1. The van der Waals surface area contributed by atoms with E-state index in [1.165, 1.54) is 4.90 Å². The quantitative estimate of drug-likeness (QED) is 0.915. The minimum Gasteiger partial charge on any atom is -0.360 e. The van der Waals surface area contributed by atoms with Gasteiger partial charge in [-0.05, 0) is 43.2 Å². The van der Waals surface area contributed by atoms with Gasteiger partial charge in [0.05, 0.1) is 12.2 Å². The number of carbonyl (C=O) groups excluding carboxylic acids is 1. The molecule has 0 aromatic heterocycles.